The van der Waals surface area contributed by atoms with Gasteiger partial charge in [-0.1, -0.05) is 30.3 Å². The van der Waals surface area contributed by atoms with Gasteiger partial charge in [-0.2, -0.15) is 5.10 Å². The fourth-order valence-corrected chi connectivity index (χ4v) is 6.10. The van der Waals surface area contributed by atoms with E-state index in [1.165, 1.54) is 6.07 Å². The Bertz CT molecular complexity index is 1680. The van der Waals surface area contributed by atoms with Crippen LogP contribution >= 0.6 is 0 Å². The molecule has 0 radical (unpaired) electrons. The molecule has 0 spiro atoms. The molecule has 4 aromatic rings. The van der Waals surface area contributed by atoms with Crippen LogP contribution in [0.4, 0.5) is 8.78 Å². The van der Waals surface area contributed by atoms with Gasteiger partial charge in [0.15, 0.2) is 5.65 Å². The number of alkyl halides is 1. The molecular formula is C31H29F2N5O2. The number of halogens is 2. The summed E-state index contributed by atoms with van der Waals surface area (Å²) in [6, 6.07) is 15.5. The van der Waals surface area contributed by atoms with E-state index < -0.39 is 12.0 Å². The lowest BCUT2D eigenvalue weighted by Crippen LogP contribution is -2.40. The summed E-state index contributed by atoms with van der Waals surface area (Å²) in [5, 5.41) is 7.34. The highest BCUT2D eigenvalue weighted by molar-refractivity contribution is 5.93. The largest absolute Gasteiger partial charge is 0.359 e. The first-order valence-corrected chi connectivity index (χ1v) is 13.8. The molecule has 0 saturated heterocycles. The van der Waals surface area contributed by atoms with Crippen molar-refractivity contribution in [2.75, 3.05) is 13.6 Å². The number of benzene rings is 2. The van der Waals surface area contributed by atoms with E-state index in [-0.39, 0.29) is 47.8 Å². The van der Waals surface area contributed by atoms with E-state index in [0.717, 1.165) is 29.7 Å². The summed E-state index contributed by atoms with van der Waals surface area (Å²) in [7, 11) is 1.61. The summed E-state index contributed by atoms with van der Waals surface area (Å²) in [6.07, 6.45) is 1.39. The van der Waals surface area contributed by atoms with Crippen molar-refractivity contribution in [2.45, 2.75) is 50.2 Å². The van der Waals surface area contributed by atoms with Gasteiger partial charge in [-0.25, -0.2) is 18.3 Å². The Balaban J connectivity index is 1.22. The van der Waals surface area contributed by atoms with Gasteiger partial charge in [-0.15, -0.1) is 0 Å². The van der Waals surface area contributed by atoms with E-state index in [1.807, 2.05) is 31.2 Å². The van der Waals surface area contributed by atoms with Gasteiger partial charge >= 0.3 is 0 Å². The molecule has 2 saturated carbocycles. The summed E-state index contributed by atoms with van der Waals surface area (Å²) in [6.45, 7) is 1.87. The third-order valence-electron chi connectivity index (χ3n) is 8.61. The minimum atomic E-state index is -1.27. The Morgan fingerprint density at radius 3 is 2.55 bits per heavy atom. The molecule has 1 N–H and O–H groups in total. The number of carbonyl (C=O) groups is 2. The summed E-state index contributed by atoms with van der Waals surface area (Å²) < 4.78 is 32.1. The van der Waals surface area contributed by atoms with Crippen LogP contribution in [0.3, 0.4) is 0 Å². The van der Waals surface area contributed by atoms with Gasteiger partial charge in [-0.3, -0.25) is 9.59 Å². The van der Waals surface area contributed by atoms with E-state index in [9.17, 15) is 9.59 Å². The summed E-state index contributed by atoms with van der Waals surface area (Å²) in [5.74, 6) is -0.624. The molecule has 0 unspecified atom stereocenters. The second-order valence-electron chi connectivity index (χ2n) is 11.2. The number of fused-ring (bicyclic) bond motifs is 2. The molecule has 3 heterocycles. The minimum Gasteiger partial charge on any atom is -0.359 e. The highest BCUT2D eigenvalue weighted by Gasteiger charge is 2.43. The molecule has 4 atom stereocenters. The van der Waals surface area contributed by atoms with Crippen molar-refractivity contribution >= 4 is 17.5 Å². The monoisotopic (exact) mass is 541 g/mol. The average Bonchev–Trinajstić information content (AvgIpc) is 3.90. The van der Waals surface area contributed by atoms with Crippen LogP contribution in [0.25, 0.3) is 16.9 Å². The fraction of sp³-hybridized carbons (Fsp3) is 0.355. The number of nitrogens with zero attached hydrogens (tertiary/aromatic N) is 4. The Kier molecular flexibility index (Phi) is 5.73. The van der Waals surface area contributed by atoms with Crippen molar-refractivity contribution in [3.8, 4) is 11.3 Å². The summed E-state index contributed by atoms with van der Waals surface area (Å²) >= 11 is 0. The minimum absolute atomic E-state index is 0.0225. The molecule has 2 aromatic carbocycles. The predicted molar refractivity (Wildman–Crippen MR) is 145 cm³/mol. The van der Waals surface area contributed by atoms with Crippen molar-refractivity contribution < 1.29 is 18.4 Å². The number of rotatable bonds is 5. The Hall–Kier alpha value is -4.14. The van der Waals surface area contributed by atoms with Crippen LogP contribution < -0.4 is 5.32 Å². The van der Waals surface area contributed by atoms with E-state index >= 15 is 8.78 Å². The maximum atomic E-state index is 15.3. The van der Waals surface area contributed by atoms with Crippen molar-refractivity contribution in [1.29, 1.82) is 0 Å². The van der Waals surface area contributed by atoms with Gasteiger partial charge in [0.2, 0.25) is 5.91 Å². The highest BCUT2D eigenvalue weighted by atomic mass is 19.1. The first-order valence-electron chi connectivity index (χ1n) is 13.8. The van der Waals surface area contributed by atoms with Crippen LogP contribution in [0.15, 0.2) is 54.6 Å². The molecule has 2 amide bonds. The zero-order valence-corrected chi connectivity index (χ0v) is 22.3. The Morgan fingerprint density at radius 2 is 1.82 bits per heavy atom. The van der Waals surface area contributed by atoms with Crippen molar-refractivity contribution in [1.82, 2.24) is 24.8 Å². The number of amides is 2. The van der Waals surface area contributed by atoms with Gasteiger partial charge in [-0.05, 0) is 67.0 Å². The van der Waals surface area contributed by atoms with Crippen molar-refractivity contribution in [3.63, 3.8) is 0 Å². The number of aromatic nitrogens is 3. The summed E-state index contributed by atoms with van der Waals surface area (Å²) in [4.78, 5) is 31.8. The van der Waals surface area contributed by atoms with Gasteiger partial charge in [0, 0.05) is 36.2 Å². The fourth-order valence-electron chi connectivity index (χ4n) is 6.10. The molecule has 2 aromatic heterocycles. The molecule has 204 valence electrons. The number of hydrogen-bond acceptors (Lipinski definition) is 4. The van der Waals surface area contributed by atoms with Gasteiger partial charge in [0.25, 0.3) is 5.91 Å². The molecule has 3 aliphatic rings. The topological polar surface area (TPSA) is 79.6 Å². The number of hydrogen-bond donors (Lipinski definition) is 1. The SMILES string of the molecule is CNC(=O)[C@H]1C[C@@H]1c1ccc(-c2cc3nc(C(=O)N4C[C@H](F)c5ccccc5[C@H]4C)cc(C4CC4)n3n2)c(F)c1. The molecule has 1 aliphatic heterocycles. The molecule has 40 heavy (non-hydrogen) atoms. The molecule has 2 aliphatic carbocycles. The molecule has 2 fully saturated rings. The maximum absolute atomic E-state index is 15.3. The lowest BCUT2D eigenvalue weighted by atomic mass is 9.92. The molecule has 0 bridgehead atoms. The lowest BCUT2D eigenvalue weighted by molar-refractivity contribution is -0.121. The zero-order chi connectivity index (χ0) is 27.7. The van der Waals surface area contributed by atoms with E-state index in [0.29, 0.717) is 28.9 Å². The van der Waals surface area contributed by atoms with Gasteiger partial charge in [0.1, 0.15) is 17.7 Å². The number of carbonyl (C=O) groups excluding carboxylic acids is 2. The van der Waals surface area contributed by atoms with Crippen molar-refractivity contribution in [2.24, 2.45) is 5.92 Å². The molecule has 7 nitrogen and oxygen atoms in total. The highest BCUT2D eigenvalue weighted by Crippen LogP contribution is 2.48. The van der Waals surface area contributed by atoms with Crippen LogP contribution in [0.1, 0.15) is 83.1 Å². The quantitative estimate of drug-likeness (QED) is 0.362. The first-order chi connectivity index (χ1) is 19.3. The molecule has 9 heteroatoms. The maximum Gasteiger partial charge on any atom is 0.273 e. The summed E-state index contributed by atoms with van der Waals surface area (Å²) in [5.41, 5.74) is 4.53. The zero-order valence-electron chi connectivity index (χ0n) is 22.3. The molecule has 7 rings (SSSR count). The smallest absolute Gasteiger partial charge is 0.273 e. The molecular weight excluding hydrogens is 512 g/mol. The standard InChI is InChI=1S/C31H29F2N5O2/c1-16-19-5-3-4-6-20(19)25(33)15-37(16)31(40)27-13-28(17-7-8-17)38-29(35-27)14-26(36-38)21-10-9-18(11-24(21)32)22-12-23(22)30(39)34-2/h3-6,9-11,13-14,16-17,22-23,25H,7-8,12,15H2,1-2H3,(H,34,39)/t16-,22-,23+,25+/m1/s1. The second-order valence-corrected chi connectivity index (χ2v) is 11.2. The van der Waals surface area contributed by atoms with Crippen LogP contribution in [0.2, 0.25) is 0 Å². The number of nitrogens with one attached hydrogen (secondary N) is 1. The van der Waals surface area contributed by atoms with Crippen LogP contribution in [0.5, 0.6) is 0 Å². The van der Waals surface area contributed by atoms with Gasteiger partial charge < -0.3 is 10.2 Å². The van der Waals surface area contributed by atoms with Gasteiger partial charge in [0.05, 0.1) is 18.3 Å². The Labute approximate surface area is 230 Å². The van der Waals surface area contributed by atoms with Crippen LogP contribution in [-0.2, 0) is 4.79 Å². The lowest BCUT2D eigenvalue weighted by Gasteiger charge is -2.36. The first kappa shape index (κ1) is 24.9. The third-order valence-corrected chi connectivity index (χ3v) is 8.61. The normalized spacial score (nSPS) is 23.6. The second kappa shape index (κ2) is 9.21. The van der Waals surface area contributed by atoms with Crippen molar-refractivity contribution in [3.05, 3.63) is 88.5 Å². The van der Waals surface area contributed by atoms with E-state index in [1.54, 1.807) is 40.7 Å². The third kappa shape index (κ3) is 4.06. The average molecular weight is 542 g/mol. The van der Waals surface area contributed by atoms with Crippen LogP contribution in [-0.4, -0.2) is 44.9 Å². The van der Waals surface area contributed by atoms with E-state index in [2.05, 4.69) is 15.4 Å². The predicted octanol–water partition coefficient (Wildman–Crippen LogP) is 5.49. The Morgan fingerprint density at radius 1 is 1.05 bits per heavy atom. The van der Waals surface area contributed by atoms with Crippen LogP contribution in [0, 0.1) is 11.7 Å². The van der Waals surface area contributed by atoms with E-state index in [4.69, 9.17) is 0 Å².